The van der Waals surface area contributed by atoms with Gasteiger partial charge in [0.1, 0.15) is 13.1 Å². The van der Waals surface area contributed by atoms with Crippen molar-refractivity contribution in [1.82, 2.24) is 4.90 Å². The molecule has 0 aromatic rings. The number of nitrogens with one attached hydrogen (secondary N) is 1. The Morgan fingerprint density at radius 2 is 1.13 bits per heavy atom. The summed E-state index contributed by atoms with van der Waals surface area (Å²) >= 11 is 0. The van der Waals surface area contributed by atoms with Crippen LogP contribution in [0.5, 0.6) is 0 Å². The molecule has 0 radical (unpaired) electrons. The van der Waals surface area contributed by atoms with Gasteiger partial charge in [0.05, 0.1) is 0 Å². The van der Waals surface area contributed by atoms with E-state index < -0.39 is 69.4 Å². The van der Waals surface area contributed by atoms with E-state index in [1.165, 1.54) is 11.9 Å². The highest BCUT2D eigenvalue weighted by Crippen LogP contribution is 2.52. The van der Waals surface area contributed by atoms with E-state index in [0.29, 0.717) is 4.13 Å². The van der Waals surface area contributed by atoms with Crippen LogP contribution in [0, 0.1) is 0 Å². The first-order valence-corrected chi connectivity index (χ1v) is 11.5. The van der Waals surface area contributed by atoms with E-state index >= 15 is 0 Å². The van der Waals surface area contributed by atoms with Crippen molar-refractivity contribution in [1.29, 1.82) is 0 Å². The summed E-state index contributed by atoms with van der Waals surface area (Å²) in [5, 5.41) is -14.2. The van der Waals surface area contributed by atoms with Crippen LogP contribution in [-0.4, -0.2) is 85.3 Å². The number of hydrogen-bond acceptors (Lipinski definition) is 7. The Balaban J connectivity index is 3.45. The van der Waals surface area contributed by atoms with Crippen LogP contribution in [0.15, 0.2) is 0 Å². The average molecular weight is 525 g/mol. The third-order valence-corrected chi connectivity index (χ3v) is 8.97. The van der Waals surface area contributed by atoms with Crippen LogP contribution in [0.3, 0.4) is 0 Å². The number of quaternary nitrogens is 1. The molecule has 1 saturated heterocycles. The smallest absolute Gasteiger partial charge is 0.423 e. The average Bonchev–Trinajstić information content (AvgIpc) is 2.52. The van der Waals surface area contributed by atoms with Crippen molar-refractivity contribution in [2.45, 2.75) is 21.9 Å². The normalized spacial score (nSPS) is 19.8. The SMILES string of the molecule is CN1CC[NH+](S(=O)(=O)C(F)(F)C(F)(F)C(F)(F)S(=O)(=O)[N-]S(=O)(=O)C(F)(F)F)CC1. The zero-order valence-corrected chi connectivity index (χ0v) is 16.7. The van der Waals surface area contributed by atoms with Gasteiger partial charge in [0.2, 0.25) is 0 Å². The van der Waals surface area contributed by atoms with Gasteiger partial charge in [-0.3, -0.25) is 4.90 Å². The zero-order valence-electron chi connectivity index (χ0n) is 14.3. The van der Waals surface area contributed by atoms with Crippen LogP contribution in [0.1, 0.15) is 0 Å². The lowest BCUT2D eigenvalue weighted by Crippen LogP contribution is -3.18. The Morgan fingerprint density at radius 3 is 1.50 bits per heavy atom. The first-order valence-electron chi connectivity index (χ1n) is 7.17. The van der Waals surface area contributed by atoms with E-state index in [1.807, 2.05) is 0 Å². The molecule has 0 bridgehead atoms. The number of likely N-dealkylation sites (N-methyl/N-ethyl adjacent to an activating group) is 1. The van der Waals surface area contributed by atoms with Crippen molar-refractivity contribution >= 4 is 30.1 Å². The summed E-state index contributed by atoms with van der Waals surface area (Å²) in [6.07, 6.45) is 0. The van der Waals surface area contributed by atoms with E-state index in [4.69, 9.17) is 0 Å². The molecule has 0 spiro atoms. The Bertz CT molecular complexity index is 969. The van der Waals surface area contributed by atoms with Gasteiger partial charge in [0.15, 0.2) is 20.0 Å². The molecular weight excluding hydrogens is 513 g/mol. The maximum atomic E-state index is 14.0. The molecule has 1 fully saturated rings. The molecule has 9 nitrogen and oxygen atoms in total. The first kappa shape index (κ1) is 27.1. The van der Waals surface area contributed by atoms with E-state index in [2.05, 4.69) is 0 Å². The molecule has 0 aromatic heterocycles. The van der Waals surface area contributed by atoms with Gasteiger partial charge in [0, 0.05) is 13.1 Å². The summed E-state index contributed by atoms with van der Waals surface area (Å²) in [5.41, 5.74) is -6.66. The molecule has 1 aliphatic rings. The van der Waals surface area contributed by atoms with Crippen molar-refractivity contribution in [3.8, 4) is 0 Å². The second-order valence-electron chi connectivity index (χ2n) is 5.92. The number of alkyl halides is 9. The molecule has 0 amide bonds. The van der Waals surface area contributed by atoms with Gasteiger partial charge < -0.3 is 4.13 Å². The lowest BCUT2D eigenvalue weighted by molar-refractivity contribution is -0.776. The summed E-state index contributed by atoms with van der Waals surface area (Å²) in [6.45, 7) is -2.17. The van der Waals surface area contributed by atoms with Gasteiger partial charge in [0.25, 0.3) is 0 Å². The number of halogens is 9. The molecule has 1 rings (SSSR count). The fourth-order valence-corrected chi connectivity index (χ4v) is 5.85. The highest BCUT2D eigenvalue weighted by molar-refractivity contribution is 8.13. The van der Waals surface area contributed by atoms with Gasteiger partial charge in [-0.05, 0) is 7.05 Å². The summed E-state index contributed by atoms with van der Waals surface area (Å²) in [5.74, 6) is -7.40. The van der Waals surface area contributed by atoms with Crippen molar-refractivity contribution in [3.63, 3.8) is 0 Å². The first-order chi connectivity index (χ1) is 13.0. The van der Waals surface area contributed by atoms with E-state index in [-0.39, 0.29) is 13.1 Å². The molecule has 1 heterocycles. The molecule has 0 aromatic carbocycles. The van der Waals surface area contributed by atoms with Gasteiger partial charge in [-0.2, -0.15) is 47.9 Å². The Labute approximate surface area is 163 Å². The molecule has 1 N–H and O–H groups in total. The van der Waals surface area contributed by atoms with E-state index in [0.717, 1.165) is 0 Å². The topological polar surface area (TPSA) is 124 Å². The lowest BCUT2D eigenvalue weighted by Gasteiger charge is -2.37. The Morgan fingerprint density at radius 1 is 0.733 bits per heavy atom. The van der Waals surface area contributed by atoms with E-state index in [9.17, 15) is 64.8 Å². The standard InChI is InChI=1S/C9H11F9N3O6S3/c1-20-2-4-21(5-3-20)30(26,27)8(14,15)6(10,11)7(12,13)28(22,23)19-29(24,25)9(16,17)18/h2-5H2,1H3/q-1/p+1. The highest BCUT2D eigenvalue weighted by atomic mass is 32.3. The molecule has 0 aliphatic carbocycles. The van der Waals surface area contributed by atoms with Crippen molar-refractivity contribution < 1.29 is 69.1 Å². The zero-order chi connectivity index (χ0) is 24.2. The van der Waals surface area contributed by atoms with Crippen molar-refractivity contribution in [2.24, 2.45) is 0 Å². The van der Waals surface area contributed by atoms with Gasteiger partial charge >= 0.3 is 32.0 Å². The molecule has 0 saturated carbocycles. The largest absolute Gasteiger partial charge is 0.480 e. The maximum Gasteiger partial charge on any atom is 0.480 e. The molecule has 0 unspecified atom stereocenters. The fraction of sp³-hybridized carbons (Fsp3) is 1.00. The van der Waals surface area contributed by atoms with Crippen LogP contribution in [0.25, 0.3) is 4.13 Å². The predicted molar refractivity (Wildman–Crippen MR) is 79.2 cm³/mol. The Hall–Kier alpha value is -0.900. The third-order valence-electron chi connectivity index (χ3n) is 3.81. The van der Waals surface area contributed by atoms with Crippen LogP contribution < -0.4 is 4.31 Å². The van der Waals surface area contributed by atoms with Gasteiger partial charge in [-0.1, -0.05) is 0 Å². The molecule has 30 heavy (non-hydrogen) atoms. The molecule has 0 atom stereocenters. The quantitative estimate of drug-likeness (QED) is 0.446. The lowest BCUT2D eigenvalue weighted by atomic mass is 10.3. The second kappa shape index (κ2) is 7.60. The van der Waals surface area contributed by atoms with Crippen molar-refractivity contribution in [3.05, 3.63) is 4.13 Å². The number of hydrogen-bond donors (Lipinski definition) is 1. The fourth-order valence-electron chi connectivity index (χ4n) is 2.04. The van der Waals surface area contributed by atoms with Gasteiger partial charge in [-0.15, -0.1) is 0 Å². The van der Waals surface area contributed by atoms with Crippen LogP contribution >= 0.6 is 0 Å². The minimum absolute atomic E-state index is 0.274. The summed E-state index contributed by atoms with van der Waals surface area (Å²) < 4.78 is 186. The molecule has 180 valence electrons. The molecule has 1 aliphatic heterocycles. The predicted octanol–water partition coefficient (Wildman–Crippen LogP) is -0.480. The number of piperazine rings is 1. The van der Waals surface area contributed by atoms with Crippen LogP contribution in [-0.2, 0) is 30.1 Å². The Kier molecular flexibility index (Phi) is 6.88. The highest BCUT2D eigenvalue weighted by Gasteiger charge is 2.82. The molecule has 21 heteroatoms. The second-order valence-corrected chi connectivity index (χ2v) is 11.5. The van der Waals surface area contributed by atoms with Crippen molar-refractivity contribution in [2.75, 3.05) is 33.2 Å². The summed E-state index contributed by atoms with van der Waals surface area (Å²) in [7, 11) is -20.5. The minimum atomic E-state index is -7.87. The maximum absolute atomic E-state index is 14.0. The monoisotopic (exact) mass is 525 g/mol. The third kappa shape index (κ3) is 4.23. The number of nitrogens with zero attached hydrogens (tertiary/aromatic N) is 2. The molecular formula is C9H12F9N3O6S3. The van der Waals surface area contributed by atoms with Crippen LogP contribution in [0.2, 0.25) is 0 Å². The van der Waals surface area contributed by atoms with Crippen LogP contribution in [0.4, 0.5) is 39.5 Å². The number of sulfonamides is 3. The summed E-state index contributed by atoms with van der Waals surface area (Å²) in [4.78, 5) is 1.36. The number of rotatable bonds is 7. The summed E-state index contributed by atoms with van der Waals surface area (Å²) in [6, 6.07) is 0. The van der Waals surface area contributed by atoms with E-state index in [1.54, 1.807) is 0 Å². The minimum Gasteiger partial charge on any atom is -0.423 e. The van der Waals surface area contributed by atoms with Gasteiger partial charge in [-0.25, -0.2) is 21.1 Å².